The Morgan fingerprint density at radius 1 is 1.53 bits per heavy atom. The Balaban J connectivity index is 2.10. The van der Waals surface area contributed by atoms with E-state index >= 15 is 0 Å². The van der Waals surface area contributed by atoms with Gasteiger partial charge in [0.15, 0.2) is 0 Å². The van der Waals surface area contributed by atoms with Gasteiger partial charge in [0.2, 0.25) is 11.8 Å². The molecule has 2 amide bonds. The van der Waals surface area contributed by atoms with Crippen molar-refractivity contribution < 1.29 is 9.59 Å². The van der Waals surface area contributed by atoms with Crippen molar-refractivity contribution in [2.75, 3.05) is 23.8 Å². The van der Waals surface area contributed by atoms with Crippen LogP contribution in [0.1, 0.15) is 18.9 Å². The molecule has 3 N–H and O–H groups in total. The van der Waals surface area contributed by atoms with Crippen LogP contribution in [0, 0.1) is 5.92 Å². The van der Waals surface area contributed by atoms with E-state index in [0.717, 1.165) is 16.9 Å². The number of anilines is 2. The van der Waals surface area contributed by atoms with E-state index in [0.29, 0.717) is 19.4 Å². The van der Waals surface area contributed by atoms with Crippen LogP contribution < -0.4 is 16.0 Å². The molecule has 1 atom stereocenters. The number of benzene rings is 1. The number of nitrogens with two attached hydrogens (primary N) is 1. The minimum Gasteiger partial charge on any atom is -0.330 e. The lowest BCUT2D eigenvalue weighted by atomic mass is 10.1. The van der Waals surface area contributed by atoms with Crippen molar-refractivity contribution in [1.29, 1.82) is 0 Å². The van der Waals surface area contributed by atoms with Gasteiger partial charge in [0.05, 0.1) is 6.42 Å². The zero-order valence-corrected chi connectivity index (χ0v) is 11.3. The smallest absolute Gasteiger partial charge is 0.231 e. The highest BCUT2D eigenvalue weighted by Crippen LogP contribution is 2.30. The van der Waals surface area contributed by atoms with Crippen molar-refractivity contribution in [3.05, 3.63) is 23.8 Å². The van der Waals surface area contributed by atoms with E-state index in [4.69, 9.17) is 5.73 Å². The number of nitrogens with zero attached hydrogens (tertiary/aromatic N) is 1. The molecule has 0 fully saturated rings. The summed E-state index contributed by atoms with van der Waals surface area (Å²) in [5.41, 5.74) is 8.04. The molecular formula is C14H19N3O2. The number of likely N-dealkylation sites (N-methyl/N-ethyl adjacent to an activating group) is 1. The van der Waals surface area contributed by atoms with Crippen molar-refractivity contribution in [1.82, 2.24) is 0 Å². The highest BCUT2D eigenvalue weighted by Gasteiger charge is 2.24. The van der Waals surface area contributed by atoms with Gasteiger partial charge in [-0.3, -0.25) is 9.59 Å². The zero-order chi connectivity index (χ0) is 14.0. The summed E-state index contributed by atoms with van der Waals surface area (Å²) in [6.45, 7) is 2.35. The third-order valence-electron chi connectivity index (χ3n) is 3.47. The van der Waals surface area contributed by atoms with Gasteiger partial charge in [-0.15, -0.1) is 0 Å². The van der Waals surface area contributed by atoms with E-state index in [9.17, 15) is 9.59 Å². The maximum atomic E-state index is 11.9. The van der Waals surface area contributed by atoms with Crippen molar-refractivity contribution in [2.24, 2.45) is 11.7 Å². The summed E-state index contributed by atoms with van der Waals surface area (Å²) in [6.07, 6.45) is 1.06. The largest absolute Gasteiger partial charge is 0.330 e. The molecule has 5 heteroatoms. The second kappa shape index (κ2) is 5.40. The van der Waals surface area contributed by atoms with Crippen LogP contribution >= 0.6 is 0 Å². The summed E-state index contributed by atoms with van der Waals surface area (Å²) < 4.78 is 0. The Kier molecular flexibility index (Phi) is 3.85. The minimum absolute atomic E-state index is 0.0388. The quantitative estimate of drug-likeness (QED) is 0.853. The summed E-state index contributed by atoms with van der Waals surface area (Å²) in [6, 6.07) is 5.55. The molecular weight excluding hydrogens is 242 g/mol. The maximum absolute atomic E-state index is 11.9. The topological polar surface area (TPSA) is 75.4 Å². The highest BCUT2D eigenvalue weighted by atomic mass is 16.2. The number of amides is 2. The van der Waals surface area contributed by atoms with E-state index < -0.39 is 0 Å². The molecule has 1 aromatic rings. The molecule has 0 radical (unpaired) electrons. The fourth-order valence-corrected chi connectivity index (χ4v) is 2.19. The summed E-state index contributed by atoms with van der Waals surface area (Å²) in [4.78, 5) is 25.1. The van der Waals surface area contributed by atoms with E-state index in [1.54, 1.807) is 11.9 Å². The molecule has 0 bridgehead atoms. The van der Waals surface area contributed by atoms with Crippen molar-refractivity contribution in [3.63, 3.8) is 0 Å². The van der Waals surface area contributed by atoms with Gasteiger partial charge in [-0.05, 0) is 36.7 Å². The van der Waals surface area contributed by atoms with Crippen molar-refractivity contribution in [3.8, 4) is 0 Å². The first kappa shape index (κ1) is 13.5. The Morgan fingerprint density at radius 3 is 2.95 bits per heavy atom. The van der Waals surface area contributed by atoms with Crippen LogP contribution in [0.5, 0.6) is 0 Å². The van der Waals surface area contributed by atoms with Crippen LogP contribution in [0.25, 0.3) is 0 Å². The molecule has 19 heavy (non-hydrogen) atoms. The molecule has 1 aromatic carbocycles. The van der Waals surface area contributed by atoms with E-state index in [2.05, 4.69) is 5.32 Å². The van der Waals surface area contributed by atoms with Crippen LogP contribution in [0.15, 0.2) is 18.2 Å². The number of carbonyl (C=O) groups is 2. The second-order valence-electron chi connectivity index (χ2n) is 4.94. The summed E-state index contributed by atoms with van der Waals surface area (Å²) >= 11 is 0. The predicted molar refractivity (Wildman–Crippen MR) is 75.0 cm³/mol. The molecule has 102 valence electrons. The van der Waals surface area contributed by atoms with Gasteiger partial charge in [-0.2, -0.15) is 0 Å². The van der Waals surface area contributed by atoms with Crippen LogP contribution in [0.3, 0.4) is 0 Å². The maximum Gasteiger partial charge on any atom is 0.231 e. The zero-order valence-electron chi connectivity index (χ0n) is 11.3. The summed E-state index contributed by atoms with van der Waals surface area (Å²) in [5.74, 6) is -0.0689. The lowest BCUT2D eigenvalue weighted by Gasteiger charge is -2.13. The van der Waals surface area contributed by atoms with Gasteiger partial charge in [0.1, 0.15) is 0 Å². The molecule has 2 rings (SSSR count). The fourth-order valence-electron chi connectivity index (χ4n) is 2.19. The molecule has 1 aliphatic heterocycles. The Morgan fingerprint density at radius 2 is 2.26 bits per heavy atom. The molecule has 0 saturated carbocycles. The first-order chi connectivity index (χ1) is 9.02. The molecule has 5 nitrogen and oxygen atoms in total. The highest BCUT2D eigenvalue weighted by molar-refractivity contribution is 6.02. The first-order valence-corrected chi connectivity index (χ1v) is 6.43. The molecule has 0 aromatic heterocycles. The number of hydrogen-bond donors (Lipinski definition) is 2. The van der Waals surface area contributed by atoms with Crippen molar-refractivity contribution >= 4 is 23.2 Å². The molecule has 0 spiro atoms. The van der Waals surface area contributed by atoms with Gasteiger partial charge in [0, 0.05) is 24.3 Å². The number of rotatable bonds is 4. The Hall–Kier alpha value is -1.88. The van der Waals surface area contributed by atoms with E-state index in [1.165, 1.54) is 0 Å². The normalized spacial score (nSPS) is 15.3. The monoisotopic (exact) mass is 261 g/mol. The number of fused-ring (bicyclic) bond motifs is 1. The number of nitrogens with one attached hydrogen (secondary N) is 1. The van der Waals surface area contributed by atoms with Gasteiger partial charge in [-0.25, -0.2) is 0 Å². The van der Waals surface area contributed by atoms with Gasteiger partial charge < -0.3 is 16.0 Å². The summed E-state index contributed by atoms with van der Waals surface area (Å²) in [7, 11) is 1.76. The molecule has 1 heterocycles. The Labute approximate surface area is 112 Å². The third-order valence-corrected chi connectivity index (χ3v) is 3.47. The van der Waals surface area contributed by atoms with Gasteiger partial charge in [0.25, 0.3) is 0 Å². The van der Waals surface area contributed by atoms with Gasteiger partial charge in [-0.1, -0.05) is 6.92 Å². The number of carbonyl (C=O) groups excluding carboxylic acids is 2. The van der Waals surface area contributed by atoms with Crippen LogP contribution in [-0.4, -0.2) is 25.4 Å². The summed E-state index contributed by atoms with van der Waals surface area (Å²) in [5, 5.41) is 2.86. The predicted octanol–water partition coefficient (Wildman–Crippen LogP) is 1.13. The van der Waals surface area contributed by atoms with Crippen LogP contribution in [0.2, 0.25) is 0 Å². The Bertz CT molecular complexity index is 513. The second-order valence-corrected chi connectivity index (χ2v) is 4.94. The number of hydrogen-bond acceptors (Lipinski definition) is 3. The minimum atomic E-state index is -0.109. The molecule has 1 aliphatic rings. The molecule has 0 aliphatic carbocycles. The van der Waals surface area contributed by atoms with E-state index in [1.807, 2.05) is 25.1 Å². The first-order valence-electron chi connectivity index (χ1n) is 6.43. The van der Waals surface area contributed by atoms with Crippen LogP contribution in [-0.2, 0) is 16.0 Å². The lowest BCUT2D eigenvalue weighted by molar-refractivity contribution is -0.119. The average molecular weight is 261 g/mol. The lowest BCUT2D eigenvalue weighted by Crippen LogP contribution is -2.22. The van der Waals surface area contributed by atoms with Gasteiger partial charge >= 0.3 is 0 Å². The van der Waals surface area contributed by atoms with Crippen LogP contribution in [0.4, 0.5) is 11.4 Å². The fraction of sp³-hybridized carbons (Fsp3) is 0.429. The average Bonchev–Trinajstić information content (AvgIpc) is 2.65. The standard InChI is InChI=1S/C14H19N3O2/c1-9(5-6-15)14(19)16-11-3-4-12-10(7-11)8-13(18)17(12)2/h3-4,7,9H,5-6,8,15H2,1-2H3,(H,16,19). The SMILES string of the molecule is CC(CCN)C(=O)Nc1ccc2c(c1)CC(=O)N2C. The van der Waals surface area contributed by atoms with E-state index in [-0.39, 0.29) is 17.7 Å². The third kappa shape index (κ3) is 2.76. The molecule has 1 unspecified atom stereocenters. The van der Waals surface area contributed by atoms with Crippen molar-refractivity contribution in [2.45, 2.75) is 19.8 Å². The molecule has 0 saturated heterocycles.